The lowest BCUT2D eigenvalue weighted by molar-refractivity contribution is 0.305. The smallest absolute Gasteiger partial charge is 0.134 e. The summed E-state index contributed by atoms with van der Waals surface area (Å²) in [4.78, 5) is 0. The third kappa shape index (κ3) is 5.48. The molecule has 0 aliphatic rings. The molecule has 0 spiro atoms. The van der Waals surface area contributed by atoms with Gasteiger partial charge in [0.1, 0.15) is 5.75 Å². The number of benzene rings is 1. The largest absolute Gasteiger partial charge is 0.495 e. The van der Waals surface area contributed by atoms with Crippen LogP contribution in [0.4, 0.5) is 0 Å². The van der Waals surface area contributed by atoms with Gasteiger partial charge < -0.3 is 9.84 Å². The molecule has 0 saturated carbocycles. The molecular weight excluding hydrogens is 268 g/mol. The van der Waals surface area contributed by atoms with E-state index < -0.39 is 0 Å². The van der Waals surface area contributed by atoms with Crippen molar-refractivity contribution in [3.05, 3.63) is 29.3 Å². The molecule has 0 bridgehead atoms. The summed E-state index contributed by atoms with van der Waals surface area (Å²) in [5.41, 5.74) is 2.16. The van der Waals surface area contributed by atoms with Crippen molar-refractivity contribution in [1.82, 2.24) is 0 Å². The lowest BCUT2D eigenvalue weighted by Gasteiger charge is -2.15. The van der Waals surface area contributed by atoms with E-state index in [1.807, 2.05) is 17.8 Å². The predicted molar refractivity (Wildman–Crippen MR) is 87.2 cm³/mol. The van der Waals surface area contributed by atoms with Gasteiger partial charge in [0, 0.05) is 17.4 Å². The van der Waals surface area contributed by atoms with Crippen LogP contribution in [0.15, 0.2) is 18.2 Å². The number of methoxy groups -OCH3 is 1. The summed E-state index contributed by atoms with van der Waals surface area (Å²) < 4.78 is 5.32. The highest BCUT2D eigenvalue weighted by Crippen LogP contribution is 2.26. The second-order valence-electron chi connectivity index (χ2n) is 5.07. The molecule has 0 amide bonds. The maximum Gasteiger partial charge on any atom is 0.134 e. The van der Waals surface area contributed by atoms with Crippen LogP contribution in [0.3, 0.4) is 0 Å². The summed E-state index contributed by atoms with van der Waals surface area (Å²) >= 11 is 1.96. The van der Waals surface area contributed by atoms with E-state index in [-0.39, 0.29) is 6.61 Å². The zero-order valence-electron chi connectivity index (χ0n) is 12.8. The van der Waals surface area contributed by atoms with Crippen LogP contribution < -0.4 is 4.74 Å². The lowest BCUT2D eigenvalue weighted by Crippen LogP contribution is -2.05. The Morgan fingerprint density at radius 1 is 1.30 bits per heavy atom. The molecule has 0 aliphatic heterocycles. The van der Waals surface area contributed by atoms with Crippen molar-refractivity contribution in [3.63, 3.8) is 0 Å². The molecular formula is C17H24O2S. The number of hydrogen-bond acceptors (Lipinski definition) is 3. The molecule has 1 aromatic rings. The Hall–Kier alpha value is -1.11. The second kappa shape index (κ2) is 8.94. The van der Waals surface area contributed by atoms with Crippen molar-refractivity contribution < 1.29 is 9.84 Å². The molecule has 0 aromatic heterocycles. The van der Waals surface area contributed by atoms with Gasteiger partial charge in [0.15, 0.2) is 0 Å². The zero-order valence-corrected chi connectivity index (χ0v) is 13.6. The second-order valence-corrected chi connectivity index (χ2v) is 6.44. The topological polar surface area (TPSA) is 29.5 Å². The van der Waals surface area contributed by atoms with Crippen molar-refractivity contribution in [1.29, 1.82) is 0 Å². The predicted octanol–water partition coefficient (Wildman–Crippen LogP) is 3.71. The van der Waals surface area contributed by atoms with Gasteiger partial charge >= 0.3 is 0 Å². The quantitative estimate of drug-likeness (QED) is 0.811. The monoisotopic (exact) mass is 292 g/mol. The van der Waals surface area contributed by atoms with E-state index in [4.69, 9.17) is 9.84 Å². The Labute approximate surface area is 126 Å². The van der Waals surface area contributed by atoms with Gasteiger partial charge in [0.2, 0.25) is 0 Å². The Morgan fingerprint density at radius 2 is 2.05 bits per heavy atom. The van der Waals surface area contributed by atoms with Crippen molar-refractivity contribution >= 4 is 11.8 Å². The minimum Gasteiger partial charge on any atom is -0.495 e. The van der Waals surface area contributed by atoms with Gasteiger partial charge in [-0.1, -0.05) is 38.7 Å². The van der Waals surface area contributed by atoms with Gasteiger partial charge in [-0.3, -0.25) is 0 Å². The SMILES string of the molecule is COc1ccc(CSC(C)C(C)C)cc1C#CCCO. The average Bonchev–Trinajstić information content (AvgIpc) is 2.45. The van der Waals surface area contributed by atoms with Crippen LogP contribution in [0, 0.1) is 17.8 Å². The van der Waals surface area contributed by atoms with E-state index >= 15 is 0 Å². The van der Waals surface area contributed by atoms with Gasteiger partial charge in [-0.2, -0.15) is 11.8 Å². The van der Waals surface area contributed by atoms with Crippen molar-refractivity contribution in [3.8, 4) is 17.6 Å². The van der Waals surface area contributed by atoms with E-state index in [1.54, 1.807) is 7.11 Å². The summed E-state index contributed by atoms with van der Waals surface area (Å²) in [5, 5.41) is 9.43. The first-order valence-electron chi connectivity index (χ1n) is 6.96. The normalized spacial score (nSPS) is 11.9. The number of thioether (sulfide) groups is 1. The fourth-order valence-electron chi connectivity index (χ4n) is 1.58. The first-order valence-corrected chi connectivity index (χ1v) is 8.01. The number of aliphatic hydroxyl groups excluding tert-OH is 1. The van der Waals surface area contributed by atoms with Crippen molar-refractivity contribution in [2.45, 2.75) is 38.2 Å². The molecule has 110 valence electrons. The van der Waals surface area contributed by atoms with Crippen LogP contribution >= 0.6 is 11.8 Å². The van der Waals surface area contributed by atoms with E-state index in [9.17, 15) is 0 Å². The molecule has 20 heavy (non-hydrogen) atoms. The number of rotatable bonds is 6. The molecule has 2 nitrogen and oxygen atoms in total. The standard InChI is InChI=1S/C17H24O2S/c1-13(2)14(3)20-12-15-8-9-17(19-4)16(11-15)7-5-6-10-18/h8-9,11,13-14,18H,6,10,12H2,1-4H3. The van der Waals surface area contributed by atoms with Crippen LogP contribution in [0.2, 0.25) is 0 Å². The van der Waals surface area contributed by atoms with Crippen molar-refractivity contribution in [2.75, 3.05) is 13.7 Å². The highest BCUT2D eigenvalue weighted by molar-refractivity contribution is 7.99. The number of aliphatic hydroxyl groups is 1. The first-order chi connectivity index (χ1) is 9.58. The third-order valence-electron chi connectivity index (χ3n) is 3.18. The van der Waals surface area contributed by atoms with Gasteiger partial charge in [0.25, 0.3) is 0 Å². The lowest BCUT2D eigenvalue weighted by atomic mass is 10.1. The van der Waals surface area contributed by atoms with E-state index in [1.165, 1.54) is 5.56 Å². The summed E-state index contributed by atoms with van der Waals surface area (Å²) in [6.07, 6.45) is 0.493. The molecule has 1 aromatic carbocycles. The molecule has 0 aliphatic carbocycles. The number of ether oxygens (including phenoxy) is 1. The fourth-order valence-corrected chi connectivity index (χ4v) is 2.60. The molecule has 3 heteroatoms. The third-order valence-corrected chi connectivity index (χ3v) is 4.75. The maximum atomic E-state index is 8.79. The molecule has 1 atom stereocenters. The molecule has 1 unspecified atom stereocenters. The fraction of sp³-hybridized carbons (Fsp3) is 0.529. The van der Waals surface area contributed by atoms with Crippen LogP contribution in [-0.4, -0.2) is 24.1 Å². The van der Waals surface area contributed by atoms with Gasteiger partial charge in [0.05, 0.1) is 19.3 Å². The minimum absolute atomic E-state index is 0.0940. The first kappa shape index (κ1) is 16.9. The van der Waals surface area contributed by atoms with Crippen LogP contribution in [0.1, 0.15) is 38.3 Å². The van der Waals surface area contributed by atoms with E-state index in [0.717, 1.165) is 17.1 Å². The summed E-state index contributed by atoms with van der Waals surface area (Å²) in [6, 6.07) is 6.15. The Balaban J connectivity index is 2.79. The number of hydrogen-bond donors (Lipinski definition) is 1. The molecule has 0 radical (unpaired) electrons. The summed E-state index contributed by atoms with van der Waals surface area (Å²) in [5.74, 6) is 8.48. The highest BCUT2D eigenvalue weighted by atomic mass is 32.2. The minimum atomic E-state index is 0.0940. The van der Waals surface area contributed by atoms with Crippen molar-refractivity contribution in [2.24, 2.45) is 5.92 Å². The zero-order chi connectivity index (χ0) is 15.0. The Morgan fingerprint density at radius 3 is 2.65 bits per heavy atom. The van der Waals surface area contributed by atoms with Gasteiger partial charge in [-0.25, -0.2) is 0 Å². The molecule has 0 heterocycles. The van der Waals surface area contributed by atoms with Crippen LogP contribution in [0.5, 0.6) is 5.75 Å². The van der Waals surface area contributed by atoms with Gasteiger partial charge in [-0.15, -0.1) is 0 Å². The average molecular weight is 292 g/mol. The van der Waals surface area contributed by atoms with E-state index in [2.05, 4.69) is 44.7 Å². The Kier molecular flexibility index (Phi) is 7.58. The molecule has 1 N–H and O–H groups in total. The highest BCUT2D eigenvalue weighted by Gasteiger charge is 2.08. The van der Waals surface area contributed by atoms with E-state index in [0.29, 0.717) is 17.6 Å². The molecule has 0 saturated heterocycles. The van der Waals surface area contributed by atoms with Crippen LogP contribution in [0.25, 0.3) is 0 Å². The molecule has 1 rings (SSSR count). The summed E-state index contributed by atoms with van der Waals surface area (Å²) in [7, 11) is 1.65. The maximum absolute atomic E-state index is 8.79. The molecule has 0 fully saturated rings. The van der Waals surface area contributed by atoms with Crippen LogP contribution in [-0.2, 0) is 5.75 Å². The van der Waals surface area contributed by atoms with Gasteiger partial charge in [-0.05, 0) is 23.6 Å². The summed E-state index contributed by atoms with van der Waals surface area (Å²) in [6.45, 7) is 6.85. The Bertz CT molecular complexity index is 472.